The lowest BCUT2D eigenvalue weighted by Gasteiger charge is -2.58. The van der Waals surface area contributed by atoms with Crippen molar-refractivity contribution >= 4 is 33.4 Å². The SMILES string of the molecule is NC(=O)C12CC3CC(C1)C(NC(=O)CN(C1CC1)S(=O)(=O)c1ccc(C(F)(F)F)cc1Cl)C(C3)C2. The zero-order valence-electron chi connectivity index (χ0n) is 18.9. The Balaban J connectivity index is 1.32. The Morgan fingerprint density at radius 2 is 1.77 bits per heavy atom. The normalized spacial score (nSPS) is 32.1. The Morgan fingerprint density at radius 3 is 2.29 bits per heavy atom. The number of rotatable bonds is 7. The molecule has 0 aromatic heterocycles. The Kier molecular flexibility index (Phi) is 5.92. The summed E-state index contributed by atoms with van der Waals surface area (Å²) in [6.07, 6.45) is 0.332. The molecule has 0 aliphatic heterocycles. The zero-order chi connectivity index (χ0) is 25.3. The standard InChI is InChI=1S/C23H27ClF3N3O4S/c24-17-7-15(23(25,26)27)1-4-18(17)35(33,34)30(16-2-3-16)11-19(31)29-20-13-5-12-6-14(20)10-22(8-12,9-13)21(28)32/h1,4,7,12-14,16,20H,2-3,5-6,8-11H2,(H2,28,32)(H,29,31). The Labute approximate surface area is 206 Å². The first-order valence-corrected chi connectivity index (χ1v) is 13.6. The highest BCUT2D eigenvalue weighted by Crippen LogP contribution is 2.59. The summed E-state index contributed by atoms with van der Waals surface area (Å²) in [6.45, 7) is -0.440. The van der Waals surface area contributed by atoms with Crippen molar-refractivity contribution in [2.75, 3.05) is 6.54 Å². The average Bonchev–Trinajstić information content (AvgIpc) is 3.58. The highest BCUT2D eigenvalue weighted by atomic mass is 35.5. The predicted octanol–water partition coefficient (Wildman–Crippen LogP) is 3.31. The molecule has 1 aromatic rings. The molecule has 35 heavy (non-hydrogen) atoms. The lowest BCUT2D eigenvalue weighted by Crippen LogP contribution is -2.62. The van der Waals surface area contributed by atoms with Gasteiger partial charge in [0.1, 0.15) is 4.90 Å². The van der Waals surface area contributed by atoms with Crippen LogP contribution in [0.1, 0.15) is 50.5 Å². The minimum absolute atomic E-state index is 0.119. The molecule has 2 atom stereocenters. The van der Waals surface area contributed by atoms with Crippen molar-refractivity contribution in [2.24, 2.45) is 28.9 Å². The van der Waals surface area contributed by atoms with E-state index in [1.165, 1.54) is 0 Å². The minimum Gasteiger partial charge on any atom is -0.369 e. The van der Waals surface area contributed by atoms with Gasteiger partial charge in [0.2, 0.25) is 21.8 Å². The van der Waals surface area contributed by atoms with Crippen molar-refractivity contribution in [3.05, 3.63) is 28.8 Å². The van der Waals surface area contributed by atoms with Crippen LogP contribution in [0, 0.1) is 23.2 Å². The molecule has 12 heteroatoms. The van der Waals surface area contributed by atoms with E-state index in [4.69, 9.17) is 17.3 Å². The molecule has 0 spiro atoms. The molecule has 5 fully saturated rings. The van der Waals surface area contributed by atoms with E-state index in [1.54, 1.807) is 0 Å². The number of nitrogens with zero attached hydrogens (tertiary/aromatic N) is 1. The number of sulfonamides is 1. The van der Waals surface area contributed by atoms with Gasteiger partial charge in [-0.3, -0.25) is 9.59 Å². The second-order valence-corrected chi connectivity index (χ2v) is 12.9. The smallest absolute Gasteiger partial charge is 0.369 e. The van der Waals surface area contributed by atoms with Crippen LogP contribution in [0.3, 0.4) is 0 Å². The van der Waals surface area contributed by atoms with Gasteiger partial charge in [-0.1, -0.05) is 11.6 Å². The maximum absolute atomic E-state index is 13.3. The van der Waals surface area contributed by atoms with Gasteiger partial charge in [0, 0.05) is 17.5 Å². The predicted molar refractivity (Wildman–Crippen MR) is 120 cm³/mol. The van der Waals surface area contributed by atoms with E-state index in [1.807, 2.05) is 0 Å². The van der Waals surface area contributed by atoms with Crippen molar-refractivity contribution < 1.29 is 31.2 Å². The number of carbonyl (C=O) groups is 2. The fourth-order valence-corrected chi connectivity index (χ4v) is 8.88. The van der Waals surface area contributed by atoms with E-state index in [0.29, 0.717) is 43.7 Å². The number of nitrogens with two attached hydrogens (primary N) is 1. The van der Waals surface area contributed by atoms with E-state index < -0.39 is 55.6 Å². The van der Waals surface area contributed by atoms with Crippen LogP contribution in [0.25, 0.3) is 0 Å². The maximum atomic E-state index is 13.3. The highest BCUT2D eigenvalue weighted by Gasteiger charge is 2.58. The number of amides is 2. The molecule has 1 aromatic carbocycles. The lowest BCUT2D eigenvalue weighted by molar-refractivity contribution is -0.147. The van der Waals surface area contributed by atoms with Crippen LogP contribution in [0.5, 0.6) is 0 Å². The second-order valence-electron chi connectivity index (χ2n) is 10.6. The molecule has 5 aliphatic carbocycles. The molecule has 0 heterocycles. The molecule has 6 rings (SSSR count). The molecule has 0 radical (unpaired) electrons. The van der Waals surface area contributed by atoms with Crippen molar-refractivity contribution in [2.45, 2.75) is 68.1 Å². The van der Waals surface area contributed by atoms with Gasteiger partial charge >= 0.3 is 6.18 Å². The number of alkyl halides is 3. The fraction of sp³-hybridized carbons (Fsp3) is 0.652. The summed E-state index contributed by atoms with van der Waals surface area (Å²) in [7, 11) is -4.30. The summed E-state index contributed by atoms with van der Waals surface area (Å²) >= 11 is 5.96. The molecule has 7 nitrogen and oxygen atoms in total. The van der Waals surface area contributed by atoms with Gasteiger partial charge < -0.3 is 11.1 Å². The highest BCUT2D eigenvalue weighted by molar-refractivity contribution is 7.89. The van der Waals surface area contributed by atoms with E-state index in [-0.39, 0.29) is 23.8 Å². The molecule has 192 valence electrons. The van der Waals surface area contributed by atoms with E-state index in [9.17, 15) is 31.2 Å². The van der Waals surface area contributed by atoms with Crippen LogP contribution in [-0.4, -0.2) is 43.2 Å². The molecule has 5 aliphatic rings. The van der Waals surface area contributed by atoms with Gasteiger partial charge in [0.15, 0.2) is 0 Å². The summed E-state index contributed by atoms with van der Waals surface area (Å²) in [6, 6.07) is 1.55. The van der Waals surface area contributed by atoms with Crippen LogP contribution in [0.2, 0.25) is 5.02 Å². The van der Waals surface area contributed by atoms with Crippen LogP contribution in [0.4, 0.5) is 13.2 Å². The van der Waals surface area contributed by atoms with Gasteiger partial charge in [0.05, 0.1) is 17.1 Å². The lowest BCUT2D eigenvalue weighted by atomic mass is 9.47. The quantitative estimate of drug-likeness (QED) is 0.560. The van der Waals surface area contributed by atoms with Crippen molar-refractivity contribution in [3.63, 3.8) is 0 Å². The Hall–Kier alpha value is -1.85. The van der Waals surface area contributed by atoms with Crippen LogP contribution in [-0.2, 0) is 25.8 Å². The minimum atomic E-state index is -4.66. The van der Waals surface area contributed by atoms with E-state index in [2.05, 4.69) is 5.32 Å². The number of halogens is 4. The van der Waals surface area contributed by atoms with E-state index >= 15 is 0 Å². The van der Waals surface area contributed by atoms with Crippen LogP contribution in [0.15, 0.2) is 23.1 Å². The van der Waals surface area contributed by atoms with Crippen molar-refractivity contribution in [1.82, 2.24) is 9.62 Å². The van der Waals surface area contributed by atoms with Crippen LogP contribution >= 0.6 is 11.6 Å². The Bertz CT molecular complexity index is 1160. The molecule has 0 saturated heterocycles. The number of nitrogens with one attached hydrogen (secondary N) is 1. The maximum Gasteiger partial charge on any atom is 0.416 e. The van der Waals surface area contributed by atoms with Gasteiger partial charge in [-0.05, 0) is 80.9 Å². The summed E-state index contributed by atoms with van der Waals surface area (Å²) in [5.41, 5.74) is 4.17. The number of carbonyl (C=O) groups excluding carboxylic acids is 2. The van der Waals surface area contributed by atoms with Crippen molar-refractivity contribution in [1.29, 1.82) is 0 Å². The second kappa shape index (κ2) is 8.34. The third kappa shape index (κ3) is 4.44. The van der Waals surface area contributed by atoms with E-state index in [0.717, 1.165) is 29.6 Å². The number of benzene rings is 1. The molecular weight excluding hydrogens is 507 g/mol. The van der Waals surface area contributed by atoms with Gasteiger partial charge in [-0.25, -0.2) is 8.42 Å². The fourth-order valence-electron chi connectivity index (χ4n) is 6.72. The zero-order valence-corrected chi connectivity index (χ0v) is 20.4. The van der Waals surface area contributed by atoms with Crippen molar-refractivity contribution in [3.8, 4) is 0 Å². The first kappa shape index (κ1) is 24.8. The first-order valence-electron chi connectivity index (χ1n) is 11.8. The number of primary amides is 1. The van der Waals surface area contributed by atoms with Crippen LogP contribution < -0.4 is 11.1 Å². The largest absolute Gasteiger partial charge is 0.416 e. The molecule has 2 unspecified atom stereocenters. The van der Waals surface area contributed by atoms with Gasteiger partial charge in [0.25, 0.3) is 0 Å². The first-order chi connectivity index (χ1) is 16.3. The molecule has 3 N–H and O–H groups in total. The summed E-state index contributed by atoms with van der Waals surface area (Å²) < 4.78 is 66.6. The molecule has 4 bridgehead atoms. The molecule has 5 saturated carbocycles. The topological polar surface area (TPSA) is 110 Å². The average molecular weight is 534 g/mol. The number of hydrogen-bond acceptors (Lipinski definition) is 4. The Morgan fingerprint density at radius 1 is 1.14 bits per heavy atom. The third-order valence-electron chi connectivity index (χ3n) is 8.22. The third-order valence-corrected chi connectivity index (χ3v) is 10.6. The summed E-state index contributed by atoms with van der Waals surface area (Å²) in [5, 5.41) is 2.48. The van der Waals surface area contributed by atoms with Gasteiger partial charge in [-0.2, -0.15) is 17.5 Å². The monoisotopic (exact) mass is 533 g/mol. The number of hydrogen-bond donors (Lipinski definition) is 2. The molecule has 2 amide bonds. The van der Waals surface area contributed by atoms with Gasteiger partial charge in [-0.15, -0.1) is 0 Å². The summed E-state index contributed by atoms with van der Waals surface area (Å²) in [5.74, 6) is -0.0883. The summed E-state index contributed by atoms with van der Waals surface area (Å²) in [4.78, 5) is 24.7. The molecular formula is C23H27ClF3N3O4S.